The molecule has 5 aromatic rings. The van der Waals surface area contributed by atoms with Gasteiger partial charge < -0.3 is 0 Å². The summed E-state index contributed by atoms with van der Waals surface area (Å²) in [6.07, 6.45) is 0. The Morgan fingerprint density at radius 2 is 0.653 bits per heavy atom. The Kier molecular flexibility index (Phi) is 17.0. The monoisotopic (exact) mass is 1020 g/mol. The van der Waals surface area contributed by atoms with Crippen LogP contribution in [0.5, 0.6) is 0 Å². The smallest absolute Gasteiger partial charge is 0.222 e. The second kappa shape index (κ2) is 21.0. The van der Waals surface area contributed by atoms with E-state index < -0.39 is 22.0 Å². The van der Waals surface area contributed by atoms with E-state index in [1.165, 1.54) is 44.8 Å². The molecule has 5 heteroatoms. The van der Waals surface area contributed by atoms with Crippen molar-refractivity contribution in [1.29, 1.82) is 0 Å². The standard InChI is InChI=1S/C67H104N2Si3/c1-36(2)54-30-57(39(7)8)63(58(31-54)40(9)10)70-71(65-59(41(11)12)32-55(37(3)4)33-60(65)42(13)14,66-61(43(15)16)34-56(38(5)6)35-62(66)44(17)18)72(70,64-50(26)48(24)47(23)49(25)51(64)27)67-68(45(19)20)52(28)53(29)69(67)46(21)22/h30-46H,1-29H3/q+1. The van der Waals surface area contributed by atoms with Crippen molar-refractivity contribution in [3.63, 3.8) is 0 Å². The number of aromatic nitrogens is 2. The first-order valence-electron chi connectivity index (χ1n) is 28.9. The maximum absolute atomic E-state index is 3.17. The second-order valence-corrected chi connectivity index (χ2v) is 49.1. The van der Waals surface area contributed by atoms with Gasteiger partial charge in [0.25, 0.3) is 0 Å². The molecule has 0 spiro atoms. The Balaban J connectivity index is 2.32. The Morgan fingerprint density at radius 1 is 0.361 bits per heavy atom. The molecule has 0 N–H and O–H groups in total. The zero-order valence-electron chi connectivity index (χ0n) is 51.7. The zero-order valence-corrected chi connectivity index (χ0v) is 54.7. The lowest BCUT2D eigenvalue weighted by Crippen LogP contribution is -2.76. The van der Waals surface area contributed by atoms with E-state index in [1.54, 1.807) is 50.0 Å². The second-order valence-electron chi connectivity index (χ2n) is 26.4. The van der Waals surface area contributed by atoms with Crippen LogP contribution in [0, 0.1) is 48.5 Å². The van der Waals surface area contributed by atoms with Crippen molar-refractivity contribution in [2.75, 3.05) is 0 Å². The van der Waals surface area contributed by atoms with Gasteiger partial charge in [0.2, 0.25) is 12.6 Å². The van der Waals surface area contributed by atoms with E-state index in [9.17, 15) is 0 Å². The van der Waals surface area contributed by atoms with Crippen LogP contribution in [-0.4, -0.2) is 26.6 Å². The van der Waals surface area contributed by atoms with Crippen LogP contribution in [0.2, 0.25) is 0 Å². The summed E-state index contributed by atoms with van der Waals surface area (Å²) in [7, 11) is -7.95. The van der Waals surface area contributed by atoms with E-state index in [-0.39, 0.29) is 0 Å². The average Bonchev–Trinajstić information content (AvgIpc) is 3.79. The largest absolute Gasteiger partial charge is 0.235 e. The van der Waals surface area contributed by atoms with Gasteiger partial charge in [-0.25, -0.2) is 9.13 Å². The Labute approximate surface area is 446 Å². The third-order valence-corrected chi connectivity index (χ3v) is 55.3. The molecular weight excluding hydrogens is 917 g/mol. The van der Waals surface area contributed by atoms with Gasteiger partial charge >= 0.3 is 0 Å². The van der Waals surface area contributed by atoms with Crippen molar-refractivity contribution < 1.29 is 4.57 Å². The highest BCUT2D eigenvalue weighted by molar-refractivity contribution is 8.19. The van der Waals surface area contributed by atoms with E-state index in [0.29, 0.717) is 65.3 Å². The van der Waals surface area contributed by atoms with E-state index in [0.717, 1.165) is 0 Å². The fourth-order valence-corrected chi connectivity index (χ4v) is 73.4. The predicted molar refractivity (Wildman–Crippen MR) is 327 cm³/mol. The number of nitrogens with zero attached hydrogens (tertiary/aromatic N) is 2. The first-order valence-corrected chi connectivity index (χ1v) is 37.4. The predicted octanol–water partition coefficient (Wildman–Crippen LogP) is 15.7. The van der Waals surface area contributed by atoms with Gasteiger partial charge in [-0.15, -0.1) is 0 Å². The maximum atomic E-state index is 3.00. The van der Waals surface area contributed by atoms with Crippen molar-refractivity contribution in [3.05, 3.63) is 126 Å². The minimum atomic E-state index is -3.17. The third kappa shape index (κ3) is 8.93. The summed E-state index contributed by atoms with van der Waals surface area (Å²) in [5.74, 6) is 3.49. The van der Waals surface area contributed by atoms with Crippen LogP contribution in [0.1, 0.15) is 307 Å². The number of imidazole rings is 1. The SMILES string of the molecule is Cc1c(C)c(C)c([Si]2(c3n(C(C)C)c(C)c(C)[n+]3C(C)C)[Si](c3c(C(C)C)cc(C(C)C)cc3C(C)C)[Si]2(c2c(C(C)C)cc(C(C)C)cc2C(C)C)c2c(C(C)C)cc(C(C)C)cc2C(C)C)c(C)c1C. The lowest BCUT2D eigenvalue weighted by atomic mass is 9.89. The highest BCUT2D eigenvalue weighted by Crippen LogP contribution is 2.50. The van der Waals surface area contributed by atoms with Crippen molar-refractivity contribution in [2.45, 2.75) is 266 Å². The molecule has 72 heavy (non-hydrogen) atoms. The third-order valence-electron chi connectivity index (χ3n) is 18.1. The maximum Gasteiger partial charge on any atom is 0.222 e. The first-order chi connectivity index (χ1) is 33.3. The van der Waals surface area contributed by atoms with Crippen LogP contribution >= 0.6 is 0 Å². The quantitative estimate of drug-likeness (QED) is 0.0688. The molecule has 1 aromatic heterocycles. The molecular formula is C67H104N2Si3+. The molecule has 1 unspecified atom stereocenters. The lowest BCUT2D eigenvalue weighted by Gasteiger charge is -2.37. The molecule has 1 saturated heterocycles. The van der Waals surface area contributed by atoms with Crippen LogP contribution in [-0.2, 0) is 0 Å². The van der Waals surface area contributed by atoms with Crippen LogP contribution in [0.15, 0.2) is 36.4 Å². The molecule has 2 heterocycles. The molecule has 1 fully saturated rings. The molecule has 1 radical (unpaired) electrons. The van der Waals surface area contributed by atoms with Gasteiger partial charge in [0.15, 0.2) is 0 Å². The summed E-state index contributed by atoms with van der Waals surface area (Å²) >= 11 is 0. The van der Waals surface area contributed by atoms with Gasteiger partial charge in [-0.05, 0) is 199 Å². The zero-order chi connectivity index (χ0) is 54.4. The Bertz CT molecular complexity index is 2610. The van der Waals surface area contributed by atoms with Crippen molar-refractivity contribution in [1.82, 2.24) is 4.57 Å². The highest BCUT2D eigenvalue weighted by Gasteiger charge is 2.91. The molecule has 2 nitrogen and oxygen atoms in total. The average molecular weight is 1020 g/mol. The summed E-state index contributed by atoms with van der Waals surface area (Å²) in [4.78, 5) is 0. The number of rotatable bonds is 16. The minimum absolute atomic E-state index is 0.291. The van der Waals surface area contributed by atoms with E-state index >= 15 is 0 Å². The summed E-state index contributed by atoms with van der Waals surface area (Å²) in [6, 6.07) is 17.2. The molecule has 393 valence electrons. The molecule has 1 atom stereocenters. The van der Waals surface area contributed by atoms with Gasteiger partial charge in [-0.2, -0.15) is 0 Å². The highest BCUT2D eigenvalue weighted by atomic mass is 30.2. The van der Waals surface area contributed by atoms with Gasteiger partial charge in [0.05, 0.1) is 19.9 Å². The lowest BCUT2D eigenvalue weighted by molar-refractivity contribution is -0.704. The van der Waals surface area contributed by atoms with Crippen LogP contribution in [0.3, 0.4) is 0 Å². The molecule has 1 aliphatic heterocycles. The molecule has 6 rings (SSSR count). The Morgan fingerprint density at radius 3 is 0.917 bits per heavy atom. The number of hydrogen-bond acceptors (Lipinski definition) is 0. The molecule has 4 aromatic carbocycles. The number of hydrogen-bond donors (Lipinski definition) is 0. The summed E-state index contributed by atoms with van der Waals surface area (Å²) in [5.41, 5.74) is 26.8. The van der Waals surface area contributed by atoms with Crippen LogP contribution < -0.4 is 30.8 Å². The fourth-order valence-electron chi connectivity index (χ4n) is 13.7. The fraction of sp³-hybridized carbons (Fsp3) is 0.597. The summed E-state index contributed by atoms with van der Waals surface area (Å²) < 4.78 is 5.99. The summed E-state index contributed by atoms with van der Waals surface area (Å²) in [6.45, 7) is 73.1. The van der Waals surface area contributed by atoms with E-state index in [1.807, 2.05) is 20.7 Å². The van der Waals surface area contributed by atoms with E-state index in [2.05, 4.69) is 246 Å². The molecule has 0 aliphatic carbocycles. The summed E-state index contributed by atoms with van der Waals surface area (Å²) in [5, 5.41) is 7.35. The van der Waals surface area contributed by atoms with Crippen LogP contribution in [0.25, 0.3) is 0 Å². The molecule has 0 saturated carbocycles. The van der Waals surface area contributed by atoms with Crippen molar-refractivity contribution in [2.24, 2.45) is 0 Å². The van der Waals surface area contributed by atoms with Gasteiger partial charge in [0.1, 0.15) is 18.5 Å². The number of benzene rings is 4. The normalized spacial score (nSPS) is 16.5. The first kappa shape index (κ1) is 58.0. The van der Waals surface area contributed by atoms with Gasteiger partial charge in [-0.3, -0.25) is 0 Å². The Hall–Kier alpha value is -3.26. The van der Waals surface area contributed by atoms with E-state index in [4.69, 9.17) is 0 Å². The van der Waals surface area contributed by atoms with Crippen molar-refractivity contribution >= 4 is 48.2 Å². The van der Waals surface area contributed by atoms with Crippen molar-refractivity contribution in [3.8, 4) is 0 Å². The topological polar surface area (TPSA) is 8.81 Å². The molecule has 0 bridgehead atoms. The minimum Gasteiger partial charge on any atom is -0.235 e. The van der Waals surface area contributed by atoms with Crippen LogP contribution in [0.4, 0.5) is 0 Å². The molecule has 1 aliphatic rings. The molecule has 0 amide bonds. The van der Waals surface area contributed by atoms with Gasteiger partial charge in [0, 0.05) is 13.8 Å². The van der Waals surface area contributed by atoms with Gasteiger partial charge in [-0.1, -0.05) is 177 Å².